The van der Waals surface area contributed by atoms with Gasteiger partial charge in [0.2, 0.25) is 17.1 Å². The van der Waals surface area contributed by atoms with E-state index in [0.29, 0.717) is 45.9 Å². The van der Waals surface area contributed by atoms with Gasteiger partial charge in [-0.3, -0.25) is 0 Å². The zero-order valence-corrected chi connectivity index (χ0v) is 64.2. The molecule has 0 saturated heterocycles. The van der Waals surface area contributed by atoms with Gasteiger partial charge in [0.25, 0.3) is 5.82 Å². The van der Waals surface area contributed by atoms with E-state index in [0.717, 1.165) is 116 Å². The lowest BCUT2D eigenvalue weighted by molar-refractivity contribution is -0.669. The number of imidazole rings is 1. The van der Waals surface area contributed by atoms with Crippen LogP contribution in [0.1, 0.15) is 279 Å². The first-order valence-corrected chi connectivity index (χ1v) is 39.7. The summed E-state index contributed by atoms with van der Waals surface area (Å²) in [6.45, 7) is 17.9. The predicted molar refractivity (Wildman–Crippen MR) is 424 cm³/mol. The summed E-state index contributed by atoms with van der Waals surface area (Å²) in [5.41, 5.74) is 23.8. The van der Waals surface area contributed by atoms with Gasteiger partial charge in [-0.2, -0.15) is 9.13 Å². The van der Waals surface area contributed by atoms with E-state index in [4.69, 9.17) is 13.7 Å². The minimum absolute atomic E-state index is 0.186. The molecule has 8 aliphatic carbocycles. The van der Waals surface area contributed by atoms with Crippen molar-refractivity contribution < 1.29 is 32.0 Å². The summed E-state index contributed by atoms with van der Waals surface area (Å²) in [6.07, 6.45) is 23.7. The Morgan fingerprint density at radius 2 is 0.775 bits per heavy atom. The number of pyridine rings is 3. The summed E-state index contributed by atoms with van der Waals surface area (Å²) in [7, 11) is 8.23. The minimum Gasteiger partial charge on any atom is -0.229 e. The number of fused-ring (bicyclic) bond motifs is 4. The van der Waals surface area contributed by atoms with Crippen molar-refractivity contribution in [2.24, 2.45) is 49.9 Å². The van der Waals surface area contributed by atoms with E-state index < -0.39 is 42.7 Å². The Hall–Kier alpha value is -7.24. The van der Waals surface area contributed by atoms with Crippen molar-refractivity contribution in [1.29, 1.82) is 0 Å². The molecule has 4 heterocycles. The monoisotopic (exact) mass is 1370 g/mol. The van der Waals surface area contributed by atoms with Crippen LogP contribution < -0.4 is 18.3 Å². The van der Waals surface area contributed by atoms with Crippen LogP contribution in [0.5, 0.6) is 0 Å². The van der Waals surface area contributed by atoms with Crippen LogP contribution in [-0.2, 0) is 79.3 Å². The maximum Gasteiger partial charge on any atom is 0.294 e. The number of aryl methyl sites for hydroxylation is 8. The van der Waals surface area contributed by atoms with Gasteiger partial charge >= 0.3 is 0 Å². The van der Waals surface area contributed by atoms with Crippen molar-refractivity contribution in [2.75, 3.05) is 0 Å². The van der Waals surface area contributed by atoms with Crippen LogP contribution in [0, 0.1) is 49.4 Å². The minimum atomic E-state index is -1.51. The molecule has 534 valence electrons. The highest BCUT2D eigenvalue weighted by Crippen LogP contribution is 2.52. The van der Waals surface area contributed by atoms with E-state index in [1.54, 1.807) is 11.4 Å². The average molecular weight is 1370 g/mol. The van der Waals surface area contributed by atoms with Gasteiger partial charge in [-0.25, -0.2) is 13.7 Å². The molecular formula is C97H125N5+4. The molecule has 4 spiro atoms. The quantitative estimate of drug-likeness (QED) is 0.142. The molecular weight excluding hydrogens is 1240 g/mol. The number of nitrogens with zero attached hydrogens (tertiary/aromatic N) is 5. The van der Waals surface area contributed by atoms with E-state index in [-0.39, 0.29) is 18.3 Å². The number of hydrogen-bond donors (Lipinski definition) is 0. The van der Waals surface area contributed by atoms with Crippen molar-refractivity contribution in [3.63, 3.8) is 0 Å². The summed E-state index contributed by atoms with van der Waals surface area (Å²) < 4.78 is 100. The number of benzene rings is 5. The Morgan fingerprint density at radius 1 is 0.353 bits per heavy atom. The molecule has 4 saturated carbocycles. The van der Waals surface area contributed by atoms with Crippen molar-refractivity contribution in [3.05, 3.63) is 230 Å². The first-order chi connectivity index (χ1) is 53.1. The normalized spacial score (nSPS) is 22.8. The molecule has 0 aliphatic heterocycles. The molecule has 5 nitrogen and oxygen atoms in total. The lowest BCUT2D eigenvalue weighted by Gasteiger charge is -2.41. The van der Waals surface area contributed by atoms with Gasteiger partial charge < -0.3 is 0 Å². The third-order valence-electron chi connectivity index (χ3n) is 25.5. The first kappa shape index (κ1) is 60.1. The topological polar surface area (TPSA) is 20.4 Å². The van der Waals surface area contributed by atoms with Gasteiger partial charge in [-0.1, -0.05) is 196 Å². The molecule has 0 amide bonds. The van der Waals surface area contributed by atoms with E-state index in [1.807, 2.05) is 85.1 Å². The van der Waals surface area contributed by atoms with Gasteiger partial charge in [0, 0.05) is 95.6 Å². The van der Waals surface area contributed by atoms with Crippen LogP contribution in [-0.4, -0.2) is 4.57 Å². The number of para-hydroxylation sites is 1. The largest absolute Gasteiger partial charge is 0.294 e. The third kappa shape index (κ3) is 14.7. The van der Waals surface area contributed by atoms with Gasteiger partial charge in [0.1, 0.15) is 32.5 Å². The van der Waals surface area contributed by atoms with Gasteiger partial charge in [0.15, 0.2) is 23.8 Å². The van der Waals surface area contributed by atoms with Crippen LogP contribution in [0.25, 0.3) is 50.8 Å². The second-order valence-corrected chi connectivity index (χ2v) is 33.5. The summed E-state index contributed by atoms with van der Waals surface area (Å²) in [4.78, 5) is 0. The summed E-state index contributed by atoms with van der Waals surface area (Å²) in [5, 5.41) is 0. The average Bonchev–Trinajstić information content (AvgIpc) is 0.775. The maximum absolute atomic E-state index is 9.10. The maximum atomic E-state index is 9.10. The molecule has 4 aromatic heterocycles. The molecule has 5 aromatic carbocycles. The summed E-state index contributed by atoms with van der Waals surface area (Å²) in [6, 6.07) is 48.8. The smallest absolute Gasteiger partial charge is 0.229 e. The lowest BCUT2D eigenvalue weighted by Crippen LogP contribution is -2.42. The highest BCUT2D eigenvalue weighted by atomic mass is 15.2. The first-order valence-electron chi connectivity index (χ1n) is 44.7. The molecule has 0 N–H and O–H groups in total. The zero-order chi connectivity index (χ0) is 79.9. The van der Waals surface area contributed by atoms with Gasteiger partial charge in [-0.15, -0.1) is 0 Å². The van der Waals surface area contributed by atoms with E-state index in [1.165, 1.54) is 128 Å². The van der Waals surface area contributed by atoms with E-state index in [9.17, 15) is 0 Å². The Bertz CT molecular complexity index is 4950. The third-order valence-corrected chi connectivity index (χ3v) is 25.5. The predicted octanol–water partition coefficient (Wildman–Crippen LogP) is 22.4. The molecule has 17 rings (SSSR count). The van der Waals surface area contributed by atoms with E-state index >= 15 is 0 Å². The highest BCUT2D eigenvalue weighted by molar-refractivity contribution is 5.67. The molecule has 0 unspecified atom stereocenters. The second-order valence-electron chi connectivity index (χ2n) is 33.5. The van der Waals surface area contributed by atoms with Crippen LogP contribution in [0.2, 0.25) is 0 Å². The summed E-state index contributed by atoms with van der Waals surface area (Å²) in [5.74, 6) is 2.33. The van der Waals surface area contributed by atoms with Crippen LogP contribution in [0.3, 0.4) is 0 Å². The highest BCUT2D eigenvalue weighted by Gasteiger charge is 2.48. The number of hydrogen-bond acceptors (Lipinski definition) is 0. The van der Waals surface area contributed by atoms with Crippen molar-refractivity contribution in [3.8, 4) is 50.8 Å². The van der Waals surface area contributed by atoms with Crippen LogP contribution in [0.15, 0.2) is 152 Å². The van der Waals surface area contributed by atoms with Gasteiger partial charge in [-0.05, 0) is 227 Å². The van der Waals surface area contributed by atoms with Crippen molar-refractivity contribution in [2.45, 2.75) is 266 Å². The zero-order valence-electron chi connectivity index (χ0n) is 74.2. The number of rotatable bonds is 7. The molecule has 8 aliphatic rings. The summed E-state index contributed by atoms with van der Waals surface area (Å²) >= 11 is 0. The molecule has 5 heteroatoms. The number of aromatic nitrogens is 5. The lowest BCUT2D eigenvalue weighted by atomic mass is 9.64. The molecule has 9 aromatic rings. The van der Waals surface area contributed by atoms with Crippen molar-refractivity contribution in [1.82, 2.24) is 4.57 Å². The Labute approximate surface area is 630 Å². The Balaban J connectivity index is 0.000000125. The Morgan fingerprint density at radius 3 is 1.27 bits per heavy atom. The molecule has 0 bridgehead atoms. The molecule has 4 fully saturated rings. The fourth-order valence-corrected chi connectivity index (χ4v) is 19.6. The van der Waals surface area contributed by atoms with Crippen LogP contribution in [0.4, 0.5) is 0 Å². The fourth-order valence-electron chi connectivity index (χ4n) is 19.6. The molecule has 0 radical (unpaired) electrons. The van der Waals surface area contributed by atoms with Crippen molar-refractivity contribution >= 4 is 0 Å². The standard InChI is InChI=1S/C31H41N2.3C22H28N/c1-21(2)24-15-12-16-25(22(3)4)29(24)33-28-20-31(17-10-7-11-18-31)19-27(28)32(6)30(33)26-14-9-8-13-23(26)5;1-17-8-4-5-9-19(17)21-11-10-18-16-22(13-6-3-7-14-22)15-12-20(18)23(21)2;1-17-8-4-5-9-20(17)21-14-19-15-22(11-6-3-7-12-22)13-10-18(19)16-23(21)2;1-17-8-4-5-9-20(17)21-14-18-10-13-22(11-6-3-7-12-22)15-19(18)16-23(21)2/h8-9,12-16,21-22H,7,10-11,17-20H2,1-6H3;4-5,8-11H,3,6-7,12-16H2,1-2H3;2*4-5,8-9,14,16H,3,6-7,10-13,15H2,1-2H3/q4*+1/i;12D2;2*10D2,15D2. The van der Waals surface area contributed by atoms with Gasteiger partial charge in [0.05, 0.1) is 12.6 Å². The SMILES string of the molecule is Cc1ccccc1-c1n(-c2c(C(C)C)cccc2C(C)C)c2c([n+]1C)CC1(CCCCC1)C2.[2H]C1([2H])CC2(CCCCC2)C([2H])([2H])c2c[n+](C)c(-c3ccccc3C)cc21.[2H]C1([2H])CC2(CCCCC2)C([2H])([2H])c2cc(-c3ccccc3C)[n+](C)cc21.[2H]C1([2H])CC2(CCCCC2)Cc2ccc(-c3ccccc3C)[n+](C)c21. The second kappa shape index (κ2) is 30.5. The Kier molecular flexibility index (Phi) is 17.9. The van der Waals surface area contributed by atoms with E-state index in [2.05, 4.69) is 173 Å². The molecule has 102 heavy (non-hydrogen) atoms. The van der Waals surface area contributed by atoms with Crippen LogP contribution >= 0.6 is 0 Å². The fraction of sp³-hybridized carbons (Fsp3) is 0.505. The molecule has 0 atom stereocenters.